The van der Waals surface area contributed by atoms with Crippen molar-refractivity contribution in [3.05, 3.63) is 120 Å². The third-order valence-electron chi connectivity index (χ3n) is 11.4. The molecular weight excluding hydrogens is 773 g/mol. The number of esters is 1. The SMILES string of the molecule is CCCCCCCCCCCCCCCCOc1ccc2nc(-c3ccc(N=Cc4ccc(OC(=O)c5ccc(OCCCCCCC6C=CC=C6)cc5)cc4O)cc3)oc2c1. The van der Waals surface area contributed by atoms with Gasteiger partial charge in [0.25, 0.3) is 0 Å². The number of benzene rings is 4. The zero-order valence-electron chi connectivity index (χ0n) is 36.8. The Hall–Kier alpha value is -5.63. The zero-order valence-corrected chi connectivity index (χ0v) is 36.8. The number of carbonyl (C=O) groups excluding carboxylic acids is 1. The number of aliphatic imine (C=N–C) groups is 1. The number of unbranched alkanes of at least 4 members (excludes halogenated alkanes) is 16. The first-order valence-corrected chi connectivity index (χ1v) is 23.3. The van der Waals surface area contributed by atoms with Gasteiger partial charge in [0.05, 0.1) is 24.5 Å². The molecule has 0 bridgehead atoms. The first-order valence-electron chi connectivity index (χ1n) is 23.3. The van der Waals surface area contributed by atoms with Crippen molar-refractivity contribution < 1.29 is 28.5 Å². The number of allylic oxidation sites excluding steroid dienone is 4. The highest BCUT2D eigenvalue weighted by atomic mass is 16.5. The molecule has 1 aromatic heterocycles. The molecule has 8 nitrogen and oxygen atoms in total. The van der Waals surface area contributed by atoms with Crippen LogP contribution in [0.2, 0.25) is 0 Å². The lowest BCUT2D eigenvalue weighted by Gasteiger charge is -2.09. The van der Waals surface area contributed by atoms with Crippen molar-refractivity contribution >= 4 is 29.0 Å². The summed E-state index contributed by atoms with van der Waals surface area (Å²) in [4.78, 5) is 22.0. The van der Waals surface area contributed by atoms with E-state index >= 15 is 0 Å². The van der Waals surface area contributed by atoms with E-state index in [2.05, 4.69) is 41.2 Å². The van der Waals surface area contributed by atoms with Gasteiger partial charge in [-0.2, -0.15) is 0 Å². The minimum atomic E-state index is -0.521. The predicted octanol–water partition coefficient (Wildman–Crippen LogP) is 15.1. The average molecular weight is 839 g/mol. The molecule has 0 amide bonds. The molecule has 6 rings (SSSR count). The van der Waals surface area contributed by atoms with E-state index in [1.807, 2.05) is 42.5 Å². The Morgan fingerprint density at radius 2 is 1.24 bits per heavy atom. The predicted molar refractivity (Wildman–Crippen MR) is 252 cm³/mol. The standard InChI is InChI=1S/C54H66N2O6/c1-2-3-4-5-6-7-8-9-10-11-12-13-15-20-38-60-48-35-36-50-52(40-48)62-53(56-50)43-25-30-46(31-26-43)55-41-45-29-34-49(39-51(45)57)61-54(58)44-27-32-47(33-28-44)59-37-21-16-14-17-22-42-23-18-19-24-42/h18-19,23-36,39-42,57H,2-17,20-22,37-38H2,1H3. The Morgan fingerprint density at radius 3 is 1.89 bits per heavy atom. The number of aromatic hydroxyl groups is 1. The van der Waals surface area contributed by atoms with E-state index in [1.54, 1.807) is 42.6 Å². The van der Waals surface area contributed by atoms with E-state index in [9.17, 15) is 9.90 Å². The molecule has 0 unspecified atom stereocenters. The molecule has 0 aliphatic heterocycles. The Bertz CT molecular complexity index is 2160. The number of phenolic OH excluding ortho intramolecular Hbond substituents is 1. The number of fused-ring (bicyclic) bond motifs is 1. The summed E-state index contributed by atoms with van der Waals surface area (Å²) in [7, 11) is 0. The third kappa shape index (κ3) is 15.7. The number of hydrogen-bond acceptors (Lipinski definition) is 8. The van der Waals surface area contributed by atoms with E-state index in [-0.39, 0.29) is 11.5 Å². The van der Waals surface area contributed by atoms with Gasteiger partial charge in [-0.15, -0.1) is 0 Å². The third-order valence-corrected chi connectivity index (χ3v) is 11.4. The van der Waals surface area contributed by atoms with E-state index in [0.29, 0.717) is 47.4 Å². The largest absolute Gasteiger partial charge is 0.507 e. The second kappa shape index (κ2) is 26.0. The number of aromatic nitrogens is 1. The van der Waals surface area contributed by atoms with E-state index in [4.69, 9.17) is 18.6 Å². The number of hydrogen-bond donors (Lipinski definition) is 1. The summed E-state index contributed by atoms with van der Waals surface area (Å²) in [5.74, 6) is 2.30. The van der Waals surface area contributed by atoms with Crippen molar-refractivity contribution in [2.45, 2.75) is 129 Å². The van der Waals surface area contributed by atoms with Crippen molar-refractivity contribution in [2.24, 2.45) is 10.9 Å². The summed E-state index contributed by atoms with van der Waals surface area (Å²) in [6, 6.07) is 25.0. The highest BCUT2D eigenvalue weighted by Crippen LogP contribution is 2.30. The minimum absolute atomic E-state index is 0.0546. The lowest BCUT2D eigenvalue weighted by Crippen LogP contribution is -2.08. The van der Waals surface area contributed by atoms with Crippen LogP contribution >= 0.6 is 0 Å². The summed E-state index contributed by atoms with van der Waals surface area (Å²) in [5, 5.41) is 10.7. The van der Waals surface area contributed by atoms with Gasteiger partial charge < -0.3 is 23.7 Å². The van der Waals surface area contributed by atoms with Crippen LogP contribution in [-0.2, 0) is 0 Å². The smallest absolute Gasteiger partial charge is 0.343 e. The maximum absolute atomic E-state index is 12.8. The van der Waals surface area contributed by atoms with Crippen molar-refractivity contribution in [1.29, 1.82) is 0 Å². The molecule has 4 aromatic carbocycles. The van der Waals surface area contributed by atoms with E-state index in [0.717, 1.165) is 41.8 Å². The molecule has 0 radical (unpaired) electrons. The Morgan fingerprint density at radius 1 is 0.661 bits per heavy atom. The summed E-state index contributed by atoms with van der Waals surface area (Å²) >= 11 is 0. The lowest BCUT2D eigenvalue weighted by molar-refractivity contribution is 0.0734. The van der Waals surface area contributed by atoms with E-state index in [1.165, 1.54) is 109 Å². The van der Waals surface area contributed by atoms with Crippen LogP contribution in [0.4, 0.5) is 5.69 Å². The Labute approximate surface area is 369 Å². The van der Waals surface area contributed by atoms with Crippen LogP contribution in [0.25, 0.3) is 22.6 Å². The quantitative estimate of drug-likeness (QED) is 0.0221. The highest BCUT2D eigenvalue weighted by Gasteiger charge is 2.12. The van der Waals surface area contributed by atoms with Gasteiger partial charge in [-0.3, -0.25) is 4.99 Å². The maximum atomic E-state index is 12.8. The monoisotopic (exact) mass is 838 g/mol. The van der Waals surface area contributed by atoms with Crippen LogP contribution < -0.4 is 14.2 Å². The number of oxazole rings is 1. The van der Waals surface area contributed by atoms with Crippen LogP contribution in [0.15, 0.2) is 119 Å². The Balaban J connectivity index is 0.866. The molecule has 1 heterocycles. The van der Waals surface area contributed by atoms with Gasteiger partial charge in [0, 0.05) is 29.5 Å². The molecular formula is C54H66N2O6. The van der Waals surface area contributed by atoms with Gasteiger partial charge in [-0.25, -0.2) is 9.78 Å². The second-order valence-corrected chi connectivity index (χ2v) is 16.5. The molecule has 62 heavy (non-hydrogen) atoms. The van der Waals surface area contributed by atoms with Gasteiger partial charge in [0.1, 0.15) is 28.5 Å². The molecule has 0 atom stereocenters. The molecule has 0 saturated carbocycles. The number of nitrogens with zero attached hydrogens (tertiary/aromatic N) is 2. The molecule has 1 aliphatic rings. The molecule has 0 fully saturated rings. The van der Waals surface area contributed by atoms with Gasteiger partial charge in [-0.1, -0.05) is 134 Å². The molecule has 5 aromatic rings. The number of ether oxygens (including phenoxy) is 3. The van der Waals surface area contributed by atoms with Crippen LogP contribution in [0.1, 0.15) is 145 Å². The van der Waals surface area contributed by atoms with Gasteiger partial charge in [0.15, 0.2) is 5.58 Å². The first kappa shape index (κ1) is 45.9. The minimum Gasteiger partial charge on any atom is -0.507 e. The van der Waals surface area contributed by atoms with E-state index < -0.39 is 5.97 Å². The van der Waals surface area contributed by atoms with Crippen molar-refractivity contribution in [2.75, 3.05) is 13.2 Å². The summed E-state index contributed by atoms with van der Waals surface area (Å²) in [5.41, 5.74) is 3.86. The maximum Gasteiger partial charge on any atom is 0.343 e. The van der Waals surface area contributed by atoms with Gasteiger partial charge in [0.2, 0.25) is 5.89 Å². The molecule has 1 N–H and O–H groups in total. The summed E-state index contributed by atoms with van der Waals surface area (Å²) < 4.78 is 23.6. The topological polar surface area (TPSA) is 103 Å². The van der Waals surface area contributed by atoms with Crippen LogP contribution in [-0.4, -0.2) is 35.5 Å². The first-order chi connectivity index (χ1) is 30.5. The van der Waals surface area contributed by atoms with Gasteiger partial charge in [-0.05, 0) is 98.0 Å². The second-order valence-electron chi connectivity index (χ2n) is 16.5. The highest BCUT2D eigenvalue weighted by molar-refractivity contribution is 5.91. The molecule has 0 spiro atoms. The van der Waals surface area contributed by atoms with Crippen LogP contribution in [0, 0.1) is 5.92 Å². The molecule has 1 aliphatic carbocycles. The van der Waals surface area contributed by atoms with Crippen molar-refractivity contribution in [1.82, 2.24) is 4.98 Å². The van der Waals surface area contributed by atoms with Crippen molar-refractivity contribution in [3.8, 4) is 34.5 Å². The summed E-state index contributed by atoms with van der Waals surface area (Å²) in [6.07, 6.45) is 34.8. The zero-order chi connectivity index (χ0) is 43.0. The summed E-state index contributed by atoms with van der Waals surface area (Å²) in [6.45, 7) is 3.62. The van der Waals surface area contributed by atoms with Crippen LogP contribution in [0.3, 0.4) is 0 Å². The Kier molecular flexibility index (Phi) is 19.2. The fourth-order valence-electron chi connectivity index (χ4n) is 7.68. The molecule has 328 valence electrons. The number of carbonyl (C=O) groups is 1. The normalized spacial score (nSPS) is 12.5. The number of phenols is 1. The fourth-order valence-corrected chi connectivity index (χ4v) is 7.68. The van der Waals surface area contributed by atoms with Gasteiger partial charge >= 0.3 is 5.97 Å². The number of rotatable bonds is 29. The lowest BCUT2D eigenvalue weighted by atomic mass is 10.0. The average Bonchev–Trinajstić information content (AvgIpc) is 3.98. The van der Waals surface area contributed by atoms with Crippen LogP contribution in [0.5, 0.6) is 23.0 Å². The molecule has 8 heteroatoms. The van der Waals surface area contributed by atoms with Crippen molar-refractivity contribution in [3.63, 3.8) is 0 Å². The fraction of sp³-hybridized carbons (Fsp3) is 0.426. The molecule has 0 saturated heterocycles.